The Morgan fingerprint density at radius 3 is 2.52 bits per heavy atom. The van der Waals surface area contributed by atoms with Crippen LogP contribution in [0.4, 0.5) is 0 Å². The van der Waals surface area contributed by atoms with Crippen molar-refractivity contribution in [1.29, 1.82) is 0 Å². The molecule has 0 saturated carbocycles. The molecular formula is C13H26BN3O6. The van der Waals surface area contributed by atoms with Gasteiger partial charge in [-0.3, -0.25) is 9.59 Å². The molecule has 23 heavy (non-hydrogen) atoms. The number of hydrogen-bond donors (Lipinski definition) is 7. The van der Waals surface area contributed by atoms with Gasteiger partial charge in [-0.15, -0.1) is 0 Å². The molecule has 1 heterocycles. The minimum Gasteiger partial charge on any atom is -0.480 e. The molecule has 1 saturated heterocycles. The topological polar surface area (TPSA) is 165 Å². The Balaban J connectivity index is 2.71. The van der Waals surface area contributed by atoms with E-state index in [-0.39, 0.29) is 12.9 Å². The quantitative estimate of drug-likeness (QED) is 0.240. The summed E-state index contributed by atoms with van der Waals surface area (Å²) in [4.78, 5) is 23.4. The van der Waals surface area contributed by atoms with Crippen molar-refractivity contribution in [3.05, 3.63) is 0 Å². The maximum Gasteiger partial charge on any atom is 0.451 e. The molecule has 0 aromatic carbocycles. The summed E-state index contributed by atoms with van der Waals surface area (Å²) in [5.74, 6) is -1.98. The first-order valence-electron chi connectivity index (χ1n) is 7.64. The zero-order valence-electron chi connectivity index (χ0n) is 13.4. The van der Waals surface area contributed by atoms with Crippen LogP contribution in [0, 0.1) is 5.92 Å². The van der Waals surface area contributed by atoms with Gasteiger partial charge in [0.05, 0.1) is 5.60 Å². The maximum absolute atomic E-state index is 12.1. The lowest BCUT2D eigenvalue weighted by Crippen LogP contribution is -2.56. The van der Waals surface area contributed by atoms with Gasteiger partial charge in [0.15, 0.2) is 0 Å². The fourth-order valence-corrected chi connectivity index (χ4v) is 2.71. The van der Waals surface area contributed by atoms with Crippen LogP contribution in [-0.2, 0) is 9.59 Å². The molecule has 0 aromatic heterocycles. The second-order valence-corrected chi connectivity index (χ2v) is 6.55. The number of carbonyl (C=O) groups excluding carboxylic acids is 1. The van der Waals surface area contributed by atoms with E-state index in [9.17, 15) is 19.8 Å². The summed E-state index contributed by atoms with van der Waals surface area (Å²) >= 11 is 0. The van der Waals surface area contributed by atoms with Crippen molar-refractivity contribution in [1.82, 2.24) is 10.6 Å². The Morgan fingerprint density at radius 2 is 2.04 bits per heavy atom. The maximum atomic E-state index is 12.1. The molecule has 0 unspecified atom stereocenters. The molecule has 0 aliphatic carbocycles. The van der Waals surface area contributed by atoms with Crippen LogP contribution in [0.25, 0.3) is 0 Å². The van der Waals surface area contributed by atoms with Gasteiger partial charge in [0.1, 0.15) is 12.1 Å². The Bertz CT molecular complexity index is 428. The number of aliphatic hydroxyl groups is 1. The third kappa shape index (κ3) is 5.74. The predicted molar refractivity (Wildman–Crippen MR) is 83.4 cm³/mol. The Morgan fingerprint density at radius 1 is 1.43 bits per heavy atom. The third-order valence-electron chi connectivity index (χ3n) is 4.14. The van der Waals surface area contributed by atoms with Gasteiger partial charge in [-0.1, -0.05) is 6.42 Å². The lowest BCUT2D eigenvalue weighted by atomic mass is 9.80. The number of carboxylic acids is 1. The molecule has 1 aliphatic rings. The molecule has 0 bridgehead atoms. The second kappa shape index (κ2) is 8.07. The van der Waals surface area contributed by atoms with E-state index in [0.717, 1.165) is 0 Å². The van der Waals surface area contributed by atoms with Gasteiger partial charge in [0.2, 0.25) is 5.91 Å². The highest BCUT2D eigenvalue weighted by molar-refractivity contribution is 6.40. The number of aliphatic carboxylic acids is 1. The van der Waals surface area contributed by atoms with Gasteiger partial charge < -0.3 is 36.6 Å². The molecule has 8 N–H and O–H groups in total. The van der Waals surface area contributed by atoms with Crippen molar-refractivity contribution in [2.75, 3.05) is 6.54 Å². The van der Waals surface area contributed by atoms with Gasteiger partial charge in [-0.25, -0.2) is 0 Å². The Labute approximate surface area is 135 Å². The first-order chi connectivity index (χ1) is 10.5. The third-order valence-corrected chi connectivity index (χ3v) is 4.14. The van der Waals surface area contributed by atoms with Crippen molar-refractivity contribution < 1.29 is 29.9 Å². The molecule has 0 spiro atoms. The van der Waals surface area contributed by atoms with E-state index in [2.05, 4.69) is 10.6 Å². The van der Waals surface area contributed by atoms with Crippen molar-refractivity contribution in [3.63, 3.8) is 0 Å². The van der Waals surface area contributed by atoms with E-state index in [1.807, 2.05) is 0 Å². The Kier molecular flexibility index (Phi) is 6.96. The molecular weight excluding hydrogens is 305 g/mol. The smallest absolute Gasteiger partial charge is 0.451 e. The average Bonchev–Trinajstić information content (AvgIpc) is 2.79. The van der Waals surface area contributed by atoms with Crippen molar-refractivity contribution in [3.8, 4) is 0 Å². The number of hydrogen-bond acceptors (Lipinski definition) is 7. The molecule has 4 atom stereocenters. The van der Waals surface area contributed by atoms with Gasteiger partial charge in [-0.05, 0) is 26.6 Å². The number of rotatable bonds is 8. The largest absolute Gasteiger partial charge is 0.480 e. The average molecular weight is 331 g/mol. The molecule has 10 heteroatoms. The highest BCUT2D eigenvalue weighted by Gasteiger charge is 2.41. The van der Waals surface area contributed by atoms with Gasteiger partial charge in [0, 0.05) is 18.5 Å². The molecule has 1 fully saturated rings. The monoisotopic (exact) mass is 331 g/mol. The second-order valence-electron chi connectivity index (χ2n) is 6.55. The van der Waals surface area contributed by atoms with Crippen LogP contribution in [0.15, 0.2) is 0 Å². The number of carbonyl (C=O) groups is 2. The summed E-state index contributed by atoms with van der Waals surface area (Å²) in [6.07, 6.45) is 0.953. The van der Waals surface area contributed by atoms with Crippen LogP contribution in [0.2, 0.25) is 6.32 Å². The van der Waals surface area contributed by atoms with Crippen molar-refractivity contribution in [2.45, 2.75) is 56.7 Å². The van der Waals surface area contributed by atoms with E-state index in [4.69, 9.17) is 15.8 Å². The molecule has 0 radical (unpaired) electrons. The fourth-order valence-electron chi connectivity index (χ4n) is 2.71. The summed E-state index contributed by atoms with van der Waals surface area (Å²) in [6, 6.07) is -2.41. The van der Waals surface area contributed by atoms with Gasteiger partial charge in [0.25, 0.3) is 0 Å². The predicted octanol–water partition coefficient (Wildman–Crippen LogP) is -2.50. The summed E-state index contributed by atoms with van der Waals surface area (Å²) in [7, 11) is -1.44. The fraction of sp³-hybridized carbons (Fsp3) is 0.846. The van der Waals surface area contributed by atoms with Crippen LogP contribution in [0.3, 0.4) is 0 Å². The molecule has 132 valence electrons. The first kappa shape index (κ1) is 19.9. The summed E-state index contributed by atoms with van der Waals surface area (Å²) < 4.78 is 0. The van der Waals surface area contributed by atoms with Crippen molar-refractivity contribution in [2.24, 2.45) is 11.7 Å². The van der Waals surface area contributed by atoms with Crippen LogP contribution in [-0.4, -0.2) is 69.5 Å². The molecule has 9 nitrogen and oxygen atoms in total. The highest BCUT2D eigenvalue weighted by atomic mass is 16.4. The van der Waals surface area contributed by atoms with Crippen molar-refractivity contribution >= 4 is 19.0 Å². The van der Waals surface area contributed by atoms with Gasteiger partial charge in [-0.2, -0.15) is 0 Å². The van der Waals surface area contributed by atoms with Crippen LogP contribution in [0.5, 0.6) is 0 Å². The number of nitrogens with two attached hydrogens (primary N) is 1. The molecule has 1 amide bonds. The van der Waals surface area contributed by atoms with E-state index in [1.54, 1.807) is 0 Å². The zero-order chi connectivity index (χ0) is 17.8. The summed E-state index contributed by atoms with van der Waals surface area (Å²) in [5, 5.41) is 42.3. The lowest BCUT2D eigenvalue weighted by Gasteiger charge is -2.28. The first-order valence-corrected chi connectivity index (χ1v) is 7.64. The number of amides is 1. The zero-order valence-corrected chi connectivity index (χ0v) is 13.4. The van der Waals surface area contributed by atoms with E-state index in [1.165, 1.54) is 13.8 Å². The molecule has 0 aromatic rings. The van der Waals surface area contributed by atoms with Gasteiger partial charge >= 0.3 is 13.1 Å². The summed E-state index contributed by atoms with van der Waals surface area (Å²) in [6.45, 7) is 3.11. The number of nitrogens with one attached hydrogen (secondary N) is 2. The summed E-state index contributed by atoms with van der Waals surface area (Å²) in [5.41, 5.74) is 4.30. The highest BCUT2D eigenvalue weighted by Crippen LogP contribution is 2.23. The lowest BCUT2D eigenvalue weighted by molar-refractivity contribution is -0.140. The number of carboxylic acid groups (broad SMARTS) is 1. The van der Waals surface area contributed by atoms with Crippen LogP contribution in [0.1, 0.15) is 26.7 Å². The van der Waals surface area contributed by atoms with E-state index >= 15 is 0 Å². The van der Waals surface area contributed by atoms with E-state index in [0.29, 0.717) is 12.8 Å². The van der Waals surface area contributed by atoms with Crippen LogP contribution >= 0.6 is 0 Å². The standard InChI is InChI=1S/C13H26BN3O6/c1-13(2,21)10(15)11(18)17-8-6-16-9(12(19)20)7(8)4-3-5-14(22)23/h7-10,16,21-23H,3-6,15H2,1-2H3,(H,17,18)(H,19,20)/t7-,8+,9+,10-/m1/s1. The molecule has 1 aliphatic heterocycles. The minimum atomic E-state index is -1.44. The SMILES string of the molecule is CC(C)(O)[C@H](N)C(=O)N[C@H]1CN[C@H](C(=O)O)[C@@H]1CCCB(O)O. The normalized spacial score (nSPS) is 25.9. The molecule has 1 rings (SSSR count). The minimum absolute atomic E-state index is 0.132. The Hall–Kier alpha value is -1.20. The van der Waals surface area contributed by atoms with Crippen LogP contribution < -0.4 is 16.4 Å². The van der Waals surface area contributed by atoms with E-state index < -0.39 is 48.6 Å².